The third-order valence-corrected chi connectivity index (χ3v) is 6.14. The summed E-state index contributed by atoms with van der Waals surface area (Å²) in [5.74, 6) is -0.923. The highest BCUT2D eigenvalue weighted by Gasteiger charge is 2.58. The Morgan fingerprint density at radius 2 is 1.65 bits per heavy atom. The topological polar surface area (TPSA) is 67.9 Å². The Kier molecular flexibility index (Phi) is 4.63. The van der Waals surface area contributed by atoms with Crippen molar-refractivity contribution in [2.45, 2.75) is 31.5 Å². The second-order valence-corrected chi connectivity index (χ2v) is 7.88. The number of hydrogen-bond donors (Lipinski definition) is 1. The van der Waals surface area contributed by atoms with Crippen molar-refractivity contribution >= 4 is 40.7 Å². The molecule has 2 heterocycles. The van der Waals surface area contributed by atoms with Gasteiger partial charge in [0.15, 0.2) is 5.79 Å². The van der Waals surface area contributed by atoms with Crippen LogP contribution in [-0.2, 0) is 19.1 Å². The van der Waals surface area contributed by atoms with E-state index in [-0.39, 0.29) is 11.8 Å². The third-order valence-electron chi connectivity index (χ3n) is 5.40. The molecule has 0 bridgehead atoms. The Balaban J connectivity index is 1.40. The van der Waals surface area contributed by atoms with Crippen molar-refractivity contribution in [2.24, 2.45) is 5.41 Å². The van der Waals surface area contributed by atoms with E-state index in [9.17, 15) is 9.59 Å². The van der Waals surface area contributed by atoms with Gasteiger partial charge in [-0.3, -0.25) is 9.59 Å². The minimum Gasteiger partial charge on any atom is -0.347 e. The van der Waals surface area contributed by atoms with Gasteiger partial charge in [-0.15, -0.1) is 0 Å². The Labute approximate surface area is 161 Å². The van der Waals surface area contributed by atoms with Gasteiger partial charge in [0, 0.05) is 31.6 Å². The average molecular weight is 399 g/mol. The number of amides is 2. The number of anilines is 1. The van der Waals surface area contributed by atoms with E-state index < -0.39 is 11.2 Å². The molecule has 0 aromatic heterocycles. The summed E-state index contributed by atoms with van der Waals surface area (Å²) < 4.78 is 11.4. The Morgan fingerprint density at radius 1 is 1.00 bits per heavy atom. The van der Waals surface area contributed by atoms with Crippen molar-refractivity contribution < 1.29 is 19.1 Å². The summed E-state index contributed by atoms with van der Waals surface area (Å²) in [7, 11) is 0. The highest BCUT2D eigenvalue weighted by Crippen LogP contribution is 2.49. The van der Waals surface area contributed by atoms with E-state index in [0.717, 1.165) is 0 Å². The number of nitrogens with zero attached hydrogens (tertiary/aromatic N) is 1. The summed E-state index contributed by atoms with van der Waals surface area (Å²) in [6.07, 6.45) is 2.41. The fourth-order valence-corrected chi connectivity index (χ4v) is 3.92. The quantitative estimate of drug-likeness (QED) is 0.794. The number of ether oxygens (including phenoxy) is 2. The molecular weight excluding hydrogens is 379 g/mol. The predicted molar refractivity (Wildman–Crippen MR) is 97.2 cm³/mol. The van der Waals surface area contributed by atoms with E-state index in [1.54, 1.807) is 23.1 Å². The van der Waals surface area contributed by atoms with Gasteiger partial charge in [0.25, 0.3) is 0 Å². The van der Waals surface area contributed by atoms with E-state index in [1.165, 1.54) is 0 Å². The molecule has 6 nitrogen and oxygen atoms in total. The van der Waals surface area contributed by atoms with Crippen LogP contribution in [-0.4, -0.2) is 48.8 Å². The van der Waals surface area contributed by atoms with Crippen molar-refractivity contribution in [3.05, 3.63) is 28.2 Å². The van der Waals surface area contributed by atoms with Gasteiger partial charge in [-0.05, 0) is 31.0 Å². The molecule has 3 aliphatic rings. The summed E-state index contributed by atoms with van der Waals surface area (Å²) in [5, 5.41) is 3.58. The molecule has 1 saturated carbocycles. The highest BCUT2D eigenvalue weighted by molar-refractivity contribution is 6.42. The average Bonchev–Trinajstić information content (AvgIpc) is 3.34. The maximum absolute atomic E-state index is 13.0. The molecule has 2 aliphatic heterocycles. The maximum atomic E-state index is 13.0. The van der Waals surface area contributed by atoms with Crippen LogP contribution < -0.4 is 5.32 Å². The number of rotatable bonds is 3. The van der Waals surface area contributed by atoms with Crippen LogP contribution in [0.2, 0.25) is 10.0 Å². The third kappa shape index (κ3) is 3.20. The number of likely N-dealkylation sites (tertiary alicyclic amines) is 1. The zero-order valence-corrected chi connectivity index (χ0v) is 15.7. The summed E-state index contributed by atoms with van der Waals surface area (Å²) in [5.41, 5.74) is -0.428. The van der Waals surface area contributed by atoms with Gasteiger partial charge in [-0.2, -0.15) is 0 Å². The summed E-state index contributed by atoms with van der Waals surface area (Å²) in [6.45, 7) is 2.29. The van der Waals surface area contributed by atoms with Crippen LogP contribution in [0.3, 0.4) is 0 Å². The molecule has 0 atom stereocenters. The van der Waals surface area contributed by atoms with Crippen LogP contribution in [0.25, 0.3) is 0 Å². The van der Waals surface area contributed by atoms with Gasteiger partial charge in [0.1, 0.15) is 5.41 Å². The van der Waals surface area contributed by atoms with E-state index in [4.69, 9.17) is 32.7 Å². The Hall–Kier alpha value is -1.34. The maximum Gasteiger partial charge on any atom is 0.240 e. The van der Waals surface area contributed by atoms with Gasteiger partial charge in [-0.25, -0.2) is 0 Å². The zero-order valence-electron chi connectivity index (χ0n) is 14.2. The molecular formula is C18H20Cl2N2O4. The Bertz CT molecular complexity index is 735. The first kappa shape index (κ1) is 18.0. The SMILES string of the molecule is O=C(Nc1ccc(Cl)c(Cl)c1)C1(C(=O)N2CCC3(CC2)OCCO3)CC1. The number of halogens is 2. The van der Waals surface area contributed by atoms with Crippen LogP contribution in [0.4, 0.5) is 5.69 Å². The number of carbonyl (C=O) groups is 2. The monoisotopic (exact) mass is 398 g/mol. The van der Waals surface area contributed by atoms with Crippen molar-refractivity contribution in [1.82, 2.24) is 4.90 Å². The lowest BCUT2D eigenvalue weighted by Gasteiger charge is -2.38. The van der Waals surface area contributed by atoms with Gasteiger partial charge in [-0.1, -0.05) is 23.2 Å². The molecule has 4 rings (SSSR count). The summed E-state index contributed by atoms with van der Waals surface area (Å²) >= 11 is 11.9. The zero-order chi connectivity index (χ0) is 18.4. The molecule has 26 heavy (non-hydrogen) atoms. The fraction of sp³-hybridized carbons (Fsp3) is 0.556. The van der Waals surface area contributed by atoms with Crippen molar-refractivity contribution in [3.63, 3.8) is 0 Å². The molecule has 8 heteroatoms. The molecule has 3 fully saturated rings. The predicted octanol–water partition coefficient (Wildman–Crippen LogP) is 3.08. The lowest BCUT2D eigenvalue weighted by Crippen LogP contribution is -2.51. The second-order valence-electron chi connectivity index (χ2n) is 7.06. The molecule has 1 N–H and O–H groups in total. The highest BCUT2D eigenvalue weighted by atomic mass is 35.5. The molecule has 0 unspecified atom stereocenters. The Morgan fingerprint density at radius 3 is 2.23 bits per heavy atom. The second kappa shape index (κ2) is 6.68. The van der Waals surface area contributed by atoms with Crippen LogP contribution in [0, 0.1) is 5.41 Å². The van der Waals surface area contributed by atoms with Crippen molar-refractivity contribution in [1.29, 1.82) is 0 Å². The van der Waals surface area contributed by atoms with Crippen molar-refractivity contribution in [3.8, 4) is 0 Å². The first-order valence-electron chi connectivity index (χ1n) is 8.78. The van der Waals surface area contributed by atoms with E-state index in [0.29, 0.717) is 67.7 Å². The summed E-state index contributed by atoms with van der Waals surface area (Å²) in [6, 6.07) is 4.88. The number of nitrogens with one attached hydrogen (secondary N) is 1. The standard InChI is InChI=1S/C18H20Cl2N2O4/c19-13-2-1-12(11-14(13)20)21-15(23)17(3-4-17)16(24)22-7-5-18(6-8-22)25-9-10-26-18/h1-2,11H,3-10H2,(H,21,23). The van der Waals surface area contributed by atoms with Crippen molar-refractivity contribution in [2.75, 3.05) is 31.6 Å². The molecule has 2 amide bonds. The van der Waals surface area contributed by atoms with Crippen LogP contribution >= 0.6 is 23.2 Å². The first-order valence-corrected chi connectivity index (χ1v) is 9.54. The van der Waals surface area contributed by atoms with Gasteiger partial charge in [0.05, 0.1) is 23.3 Å². The minimum absolute atomic E-state index is 0.108. The normalized spacial score (nSPS) is 23.1. The molecule has 1 aromatic rings. The summed E-state index contributed by atoms with van der Waals surface area (Å²) in [4.78, 5) is 27.5. The first-order chi connectivity index (χ1) is 12.4. The molecule has 140 valence electrons. The molecule has 0 radical (unpaired) electrons. The number of hydrogen-bond acceptors (Lipinski definition) is 4. The fourth-order valence-electron chi connectivity index (χ4n) is 3.63. The van der Waals surface area contributed by atoms with E-state index in [1.807, 2.05) is 0 Å². The lowest BCUT2D eigenvalue weighted by atomic mass is 9.98. The molecule has 1 spiro atoms. The minimum atomic E-state index is -0.964. The van der Waals surface area contributed by atoms with E-state index >= 15 is 0 Å². The smallest absolute Gasteiger partial charge is 0.240 e. The number of piperidine rings is 1. The van der Waals surface area contributed by atoms with Crippen LogP contribution in [0.15, 0.2) is 18.2 Å². The van der Waals surface area contributed by atoms with E-state index in [2.05, 4.69) is 5.32 Å². The lowest BCUT2D eigenvalue weighted by molar-refractivity contribution is -0.188. The van der Waals surface area contributed by atoms with Gasteiger partial charge < -0.3 is 19.7 Å². The molecule has 1 aliphatic carbocycles. The largest absolute Gasteiger partial charge is 0.347 e. The number of benzene rings is 1. The van der Waals surface area contributed by atoms with Gasteiger partial charge >= 0.3 is 0 Å². The van der Waals surface area contributed by atoms with Crippen LogP contribution in [0.5, 0.6) is 0 Å². The molecule has 2 saturated heterocycles. The van der Waals surface area contributed by atoms with Crippen LogP contribution in [0.1, 0.15) is 25.7 Å². The number of carbonyl (C=O) groups excluding carboxylic acids is 2. The van der Waals surface area contributed by atoms with Gasteiger partial charge in [0.2, 0.25) is 11.8 Å². The molecule has 1 aromatic carbocycles.